The van der Waals surface area contributed by atoms with Gasteiger partial charge in [-0.25, -0.2) is 0 Å². The fourth-order valence-electron chi connectivity index (χ4n) is 2.52. The Morgan fingerprint density at radius 3 is 2.83 bits per heavy atom. The summed E-state index contributed by atoms with van der Waals surface area (Å²) in [7, 11) is 0. The van der Waals surface area contributed by atoms with E-state index >= 15 is 0 Å². The van der Waals surface area contributed by atoms with E-state index in [0.717, 1.165) is 46.0 Å². The molecule has 0 radical (unpaired) electrons. The van der Waals surface area contributed by atoms with Gasteiger partial charge in [0.05, 0.1) is 25.9 Å². The van der Waals surface area contributed by atoms with Crippen LogP contribution in [-0.4, -0.2) is 46.0 Å². The summed E-state index contributed by atoms with van der Waals surface area (Å²) in [6.45, 7) is 6.27. The Morgan fingerprint density at radius 1 is 1.17 bits per heavy atom. The second-order valence-corrected chi connectivity index (χ2v) is 4.76. The highest BCUT2D eigenvalue weighted by atomic mass is 16.5. The molecule has 0 saturated carbocycles. The van der Waals surface area contributed by atoms with Crippen LogP contribution in [0.2, 0.25) is 0 Å². The van der Waals surface area contributed by atoms with E-state index in [-0.39, 0.29) is 6.10 Å². The van der Waals surface area contributed by atoms with Crippen LogP contribution in [0.1, 0.15) is 11.7 Å². The first-order valence-corrected chi connectivity index (χ1v) is 6.68. The smallest absolute Gasteiger partial charge is 0.0950 e. The quantitative estimate of drug-likeness (QED) is 0.852. The van der Waals surface area contributed by atoms with Crippen molar-refractivity contribution in [2.24, 2.45) is 0 Å². The number of hydrogen-bond donors (Lipinski definition) is 1. The van der Waals surface area contributed by atoms with Gasteiger partial charge in [-0.2, -0.15) is 0 Å². The maximum atomic E-state index is 5.80. The Labute approximate surface area is 108 Å². The summed E-state index contributed by atoms with van der Waals surface area (Å²) < 4.78 is 11.2. The minimum atomic E-state index is 0.194. The van der Waals surface area contributed by atoms with E-state index in [4.69, 9.17) is 9.47 Å². The molecule has 98 valence electrons. The number of nitrogens with one attached hydrogen (secondary N) is 1. The summed E-state index contributed by atoms with van der Waals surface area (Å²) in [4.78, 5) is 2.38. The normalized spacial score (nSPS) is 25.1. The highest BCUT2D eigenvalue weighted by Crippen LogP contribution is 2.24. The predicted octanol–water partition coefficient (Wildman–Crippen LogP) is 1.18. The number of hydrogen-bond acceptors (Lipinski definition) is 4. The van der Waals surface area contributed by atoms with Crippen LogP contribution in [0.25, 0.3) is 0 Å². The van der Waals surface area contributed by atoms with Crippen molar-refractivity contribution < 1.29 is 9.47 Å². The number of benzene rings is 1. The number of anilines is 1. The second-order valence-electron chi connectivity index (χ2n) is 4.76. The lowest BCUT2D eigenvalue weighted by Crippen LogP contribution is -2.36. The van der Waals surface area contributed by atoms with E-state index in [9.17, 15) is 0 Å². The highest BCUT2D eigenvalue weighted by molar-refractivity contribution is 5.49. The van der Waals surface area contributed by atoms with Crippen molar-refractivity contribution >= 4 is 5.69 Å². The number of rotatable bonds is 2. The van der Waals surface area contributed by atoms with Crippen molar-refractivity contribution in [1.29, 1.82) is 0 Å². The van der Waals surface area contributed by atoms with Crippen molar-refractivity contribution in [2.75, 3.05) is 50.9 Å². The summed E-state index contributed by atoms with van der Waals surface area (Å²) in [5, 5.41) is 3.37. The Balaban J connectivity index is 1.75. The van der Waals surface area contributed by atoms with E-state index in [1.54, 1.807) is 0 Å². The van der Waals surface area contributed by atoms with Crippen LogP contribution in [-0.2, 0) is 9.47 Å². The van der Waals surface area contributed by atoms with Gasteiger partial charge in [0.1, 0.15) is 0 Å². The van der Waals surface area contributed by atoms with Crippen molar-refractivity contribution in [3.8, 4) is 0 Å². The molecule has 0 bridgehead atoms. The topological polar surface area (TPSA) is 33.7 Å². The minimum absolute atomic E-state index is 0.194. The van der Waals surface area contributed by atoms with Gasteiger partial charge in [-0.05, 0) is 17.7 Å². The third-order valence-corrected chi connectivity index (χ3v) is 3.55. The molecular formula is C14H20N2O2. The maximum absolute atomic E-state index is 5.80. The standard InChI is InChI=1S/C14H20N2O2/c1-2-12(14-11-15-4-7-18-14)10-13(3-1)16-5-8-17-9-6-16/h1-3,10,14-15H,4-9,11H2. The molecule has 3 rings (SSSR count). The summed E-state index contributed by atoms with van der Waals surface area (Å²) in [6.07, 6.45) is 0.194. The van der Waals surface area contributed by atoms with Crippen LogP contribution in [0.5, 0.6) is 0 Å². The van der Waals surface area contributed by atoms with Crippen molar-refractivity contribution in [1.82, 2.24) is 5.32 Å². The molecule has 1 aromatic rings. The first-order chi connectivity index (χ1) is 8.93. The molecule has 2 aliphatic heterocycles. The van der Waals surface area contributed by atoms with Crippen LogP contribution in [0, 0.1) is 0 Å². The third-order valence-electron chi connectivity index (χ3n) is 3.55. The average molecular weight is 248 g/mol. The summed E-state index contributed by atoms with van der Waals surface area (Å²) >= 11 is 0. The van der Waals surface area contributed by atoms with Crippen LogP contribution < -0.4 is 10.2 Å². The van der Waals surface area contributed by atoms with Crippen LogP contribution in [0.4, 0.5) is 5.69 Å². The Bertz CT molecular complexity index is 352. The molecule has 2 heterocycles. The zero-order valence-corrected chi connectivity index (χ0v) is 10.6. The molecular weight excluding hydrogens is 228 g/mol. The van der Waals surface area contributed by atoms with E-state index < -0.39 is 0 Å². The lowest BCUT2D eigenvalue weighted by atomic mass is 10.1. The first-order valence-electron chi connectivity index (χ1n) is 6.68. The van der Waals surface area contributed by atoms with Gasteiger partial charge in [-0.1, -0.05) is 12.1 Å². The zero-order chi connectivity index (χ0) is 12.2. The molecule has 0 aliphatic carbocycles. The van der Waals surface area contributed by atoms with Crippen molar-refractivity contribution in [2.45, 2.75) is 6.10 Å². The fourth-order valence-corrected chi connectivity index (χ4v) is 2.52. The monoisotopic (exact) mass is 248 g/mol. The summed E-state index contributed by atoms with van der Waals surface area (Å²) in [6, 6.07) is 8.70. The van der Waals surface area contributed by atoms with Gasteiger partial charge in [-0.3, -0.25) is 0 Å². The van der Waals surface area contributed by atoms with E-state index in [1.165, 1.54) is 11.3 Å². The van der Waals surface area contributed by atoms with Gasteiger partial charge >= 0.3 is 0 Å². The fraction of sp³-hybridized carbons (Fsp3) is 0.571. The number of nitrogens with zero attached hydrogens (tertiary/aromatic N) is 1. The number of morpholine rings is 2. The largest absolute Gasteiger partial charge is 0.378 e. The molecule has 0 amide bonds. The average Bonchev–Trinajstić information content (AvgIpc) is 2.49. The Kier molecular flexibility index (Phi) is 3.78. The zero-order valence-electron chi connectivity index (χ0n) is 10.6. The van der Waals surface area contributed by atoms with E-state index in [2.05, 4.69) is 34.5 Å². The summed E-state index contributed by atoms with van der Waals surface area (Å²) in [5.41, 5.74) is 2.55. The molecule has 0 aromatic heterocycles. The molecule has 1 unspecified atom stereocenters. The molecule has 1 N–H and O–H groups in total. The first kappa shape index (κ1) is 12.0. The third kappa shape index (κ3) is 2.66. The lowest BCUT2D eigenvalue weighted by molar-refractivity contribution is 0.0277. The SMILES string of the molecule is c1cc(C2CNCCO2)cc(N2CCOCC2)c1. The van der Waals surface area contributed by atoms with Crippen LogP contribution in [0.3, 0.4) is 0 Å². The number of ether oxygens (including phenoxy) is 2. The van der Waals surface area contributed by atoms with Crippen molar-refractivity contribution in [3.05, 3.63) is 29.8 Å². The molecule has 0 spiro atoms. The molecule has 2 aliphatic rings. The van der Waals surface area contributed by atoms with Gasteiger partial charge in [0.15, 0.2) is 0 Å². The lowest BCUT2D eigenvalue weighted by Gasteiger charge is -2.30. The van der Waals surface area contributed by atoms with E-state index in [1.807, 2.05) is 0 Å². The molecule has 2 saturated heterocycles. The highest BCUT2D eigenvalue weighted by Gasteiger charge is 2.17. The molecule has 4 nitrogen and oxygen atoms in total. The van der Waals surface area contributed by atoms with Gasteiger partial charge in [0.2, 0.25) is 0 Å². The predicted molar refractivity (Wildman–Crippen MR) is 71.0 cm³/mol. The van der Waals surface area contributed by atoms with Crippen LogP contribution >= 0.6 is 0 Å². The molecule has 18 heavy (non-hydrogen) atoms. The molecule has 1 atom stereocenters. The maximum Gasteiger partial charge on any atom is 0.0950 e. The molecule has 1 aromatic carbocycles. The van der Waals surface area contributed by atoms with Gasteiger partial charge < -0.3 is 19.7 Å². The van der Waals surface area contributed by atoms with Gasteiger partial charge in [-0.15, -0.1) is 0 Å². The summed E-state index contributed by atoms with van der Waals surface area (Å²) in [5.74, 6) is 0. The molecule has 2 fully saturated rings. The molecule has 4 heteroatoms. The van der Waals surface area contributed by atoms with Gasteiger partial charge in [0.25, 0.3) is 0 Å². The van der Waals surface area contributed by atoms with Crippen LogP contribution in [0.15, 0.2) is 24.3 Å². The second kappa shape index (κ2) is 5.69. The minimum Gasteiger partial charge on any atom is -0.378 e. The Morgan fingerprint density at radius 2 is 2.06 bits per heavy atom. The van der Waals surface area contributed by atoms with Crippen molar-refractivity contribution in [3.63, 3.8) is 0 Å². The van der Waals surface area contributed by atoms with E-state index in [0.29, 0.717) is 0 Å². The Hall–Kier alpha value is -1.10. The van der Waals surface area contributed by atoms with Gasteiger partial charge in [0, 0.05) is 31.9 Å².